The third-order valence-corrected chi connectivity index (χ3v) is 6.76. The minimum atomic E-state index is -0.158. The maximum absolute atomic E-state index is 12.6. The van der Waals surface area contributed by atoms with Gasteiger partial charge >= 0.3 is 0 Å². The lowest BCUT2D eigenvalue weighted by molar-refractivity contribution is 0.0954. The number of ether oxygens (including phenoxy) is 2. The van der Waals surface area contributed by atoms with Crippen molar-refractivity contribution in [1.82, 2.24) is 20.2 Å². The number of aromatic nitrogens is 2. The van der Waals surface area contributed by atoms with E-state index in [1.807, 2.05) is 25.1 Å². The molecule has 0 saturated carbocycles. The minimum Gasteiger partial charge on any atom is -0.495 e. The third kappa shape index (κ3) is 6.92. The summed E-state index contributed by atoms with van der Waals surface area (Å²) in [6.45, 7) is 6.22. The molecule has 0 atom stereocenters. The summed E-state index contributed by atoms with van der Waals surface area (Å²) < 4.78 is 11.0. The number of halogens is 1. The normalized spacial score (nSPS) is 13.4. The van der Waals surface area contributed by atoms with Crippen molar-refractivity contribution in [3.63, 3.8) is 0 Å². The maximum atomic E-state index is 12.6. The van der Waals surface area contributed by atoms with Gasteiger partial charge in [-0.3, -0.25) is 4.79 Å². The Bertz CT molecular complexity index is 1260. The highest BCUT2D eigenvalue weighted by Gasteiger charge is 2.18. The SMILES string of the molecule is CCCNC(=O)c1ccccc1Nc1nc(Nc2cc3c(cc2OC)CCN(CCOC)CC3)ncc1Cl. The molecular formula is C28H35ClN6O3. The van der Waals surface area contributed by atoms with E-state index in [2.05, 4.69) is 43.0 Å². The van der Waals surface area contributed by atoms with Crippen LogP contribution in [0.1, 0.15) is 34.8 Å². The second-order valence-corrected chi connectivity index (χ2v) is 9.50. The Kier molecular flexibility index (Phi) is 9.75. The number of para-hydroxylation sites is 1. The molecule has 0 radical (unpaired) electrons. The summed E-state index contributed by atoms with van der Waals surface area (Å²) in [7, 11) is 3.39. The van der Waals surface area contributed by atoms with E-state index in [-0.39, 0.29) is 5.91 Å². The quantitative estimate of drug-likeness (QED) is 0.320. The lowest BCUT2D eigenvalue weighted by Gasteiger charge is -2.18. The summed E-state index contributed by atoms with van der Waals surface area (Å²) in [5, 5.41) is 9.75. The van der Waals surface area contributed by atoms with E-state index in [4.69, 9.17) is 21.1 Å². The number of hydrogen-bond acceptors (Lipinski definition) is 8. The van der Waals surface area contributed by atoms with Gasteiger partial charge in [0.1, 0.15) is 10.8 Å². The number of nitrogens with one attached hydrogen (secondary N) is 3. The molecule has 10 heteroatoms. The molecule has 1 aliphatic heterocycles. The van der Waals surface area contributed by atoms with Gasteiger partial charge in [0.15, 0.2) is 5.82 Å². The van der Waals surface area contributed by atoms with Crippen molar-refractivity contribution in [2.75, 3.05) is 57.6 Å². The van der Waals surface area contributed by atoms with Crippen LogP contribution in [0.15, 0.2) is 42.6 Å². The van der Waals surface area contributed by atoms with Crippen LogP contribution in [0.4, 0.5) is 23.1 Å². The summed E-state index contributed by atoms with van der Waals surface area (Å²) in [5.74, 6) is 1.31. The van der Waals surface area contributed by atoms with Gasteiger partial charge in [-0.05, 0) is 54.7 Å². The van der Waals surface area contributed by atoms with Crippen molar-refractivity contribution in [2.24, 2.45) is 0 Å². The first kappa shape index (κ1) is 27.6. The Hall–Kier alpha value is -3.40. The molecule has 0 aliphatic carbocycles. The minimum absolute atomic E-state index is 0.158. The van der Waals surface area contributed by atoms with Crippen LogP contribution in [-0.2, 0) is 17.6 Å². The highest BCUT2D eigenvalue weighted by atomic mass is 35.5. The Morgan fingerprint density at radius 2 is 1.84 bits per heavy atom. The van der Waals surface area contributed by atoms with Crippen LogP contribution in [0, 0.1) is 0 Å². The van der Waals surface area contributed by atoms with Gasteiger partial charge in [-0.15, -0.1) is 0 Å². The van der Waals surface area contributed by atoms with E-state index >= 15 is 0 Å². The molecule has 0 fully saturated rings. The lowest BCUT2D eigenvalue weighted by Crippen LogP contribution is -2.29. The maximum Gasteiger partial charge on any atom is 0.253 e. The highest BCUT2D eigenvalue weighted by Crippen LogP contribution is 2.33. The topological polar surface area (TPSA) is 101 Å². The molecule has 2 heterocycles. The number of amides is 1. The van der Waals surface area contributed by atoms with Gasteiger partial charge in [-0.2, -0.15) is 4.98 Å². The van der Waals surface area contributed by atoms with E-state index in [9.17, 15) is 4.79 Å². The Labute approximate surface area is 228 Å². The molecule has 0 unspecified atom stereocenters. The first-order valence-corrected chi connectivity index (χ1v) is 13.2. The van der Waals surface area contributed by atoms with Crippen LogP contribution in [0.5, 0.6) is 5.75 Å². The molecule has 1 aromatic heterocycles. The standard InChI is InChI=1S/C28H35ClN6O3/c1-4-11-30-27(36)21-7-5-6-8-23(21)32-26-22(29)18-31-28(34-26)33-24-16-19-9-12-35(14-15-37-2)13-10-20(19)17-25(24)38-3/h5-8,16-18H,4,9-15H2,1-3H3,(H,30,36)(H2,31,32,33,34). The molecule has 4 rings (SSSR count). The average molecular weight is 539 g/mol. The van der Waals surface area contributed by atoms with Gasteiger partial charge in [-0.1, -0.05) is 30.7 Å². The van der Waals surface area contributed by atoms with Crippen molar-refractivity contribution in [3.05, 3.63) is 64.3 Å². The zero-order chi connectivity index (χ0) is 26.9. The molecule has 38 heavy (non-hydrogen) atoms. The highest BCUT2D eigenvalue weighted by molar-refractivity contribution is 6.33. The van der Waals surface area contributed by atoms with E-state index in [0.717, 1.165) is 56.9 Å². The predicted molar refractivity (Wildman–Crippen MR) is 151 cm³/mol. The number of benzene rings is 2. The fraction of sp³-hybridized carbons (Fsp3) is 0.393. The largest absolute Gasteiger partial charge is 0.495 e. The van der Waals surface area contributed by atoms with Crippen LogP contribution in [-0.4, -0.2) is 67.8 Å². The number of nitrogens with zero attached hydrogens (tertiary/aromatic N) is 3. The number of anilines is 4. The molecule has 1 aliphatic rings. The van der Waals surface area contributed by atoms with E-state index < -0.39 is 0 Å². The van der Waals surface area contributed by atoms with Gasteiger partial charge in [0.05, 0.1) is 36.9 Å². The molecular weight excluding hydrogens is 504 g/mol. The van der Waals surface area contributed by atoms with Crippen molar-refractivity contribution < 1.29 is 14.3 Å². The lowest BCUT2D eigenvalue weighted by atomic mass is 10.0. The van der Waals surface area contributed by atoms with Crippen LogP contribution in [0.25, 0.3) is 0 Å². The van der Waals surface area contributed by atoms with Crippen molar-refractivity contribution >= 4 is 40.6 Å². The van der Waals surface area contributed by atoms with Gasteiger partial charge in [-0.25, -0.2) is 4.98 Å². The zero-order valence-corrected chi connectivity index (χ0v) is 22.9. The zero-order valence-electron chi connectivity index (χ0n) is 22.1. The number of carbonyl (C=O) groups is 1. The van der Waals surface area contributed by atoms with Crippen molar-refractivity contribution in [3.8, 4) is 5.75 Å². The first-order valence-electron chi connectivity index (χ1n) is 12.9. The molecule has 3 N–H and O–H groups in total. The summed E-state index contributed by atoms with van der Waals surface area (Å²) in [6, 6.07) is 11.5. The van der Waals surface area contributed by atoms with Gasteiger partial charge < -0.3 is 30.3 Å². The first-order chi connectivity index (χ1) is 18.5. The fourth-order valence-corrected chi connectivity index (χ4v) is 4.54. The van der Waals surface area contributed by atoms with Crippen LogP contribution in [0.2, 0.25) is 5.02 Å². The third-order valence-electron chi connectivity index (χ3n) is 6.48. The van der Waals surface area contributed by atoms with Gasteiger partial charge in [0.2, 0.25) is 5.95 Å². The summed E-state index contributed by atoms with van der Waals surface area (Å²) >= 11 is 6.43. The molecule has 0 spiro atoms. The fourth-order valence-electron chi connectivity index (χ4n) is 4.40. The molecule has 202 valence electrons. The molecule has 1 amide bonds. The Morgan fingerprint density at radius 3 is 2.58 bits per heavy atom. The van der Waals surface area contributed by atoms with Crippen molar-refractivity contribution in [2.45, 2.75) is 26.2 Å². The predicted octanol–water partition coefficient (Wildman–Crippen LogP) is 4.81. The van der Waals surface area contributed by atoms with E-state index in [1.54, 1.807) is 20.3 Å². The number of carbonyl (C=O) groups excluding carboxylic acids is 1. The molecule has 3 aromatic rings. The monoisotopic (exact) mass is 538 g/mol. The van der Waals surface area contributed by atoms with Crippen LogP contribution >= 0.6 is 11.6 Å². The molecule has 0 bridgehead atoms. The second-order valence-electron chi connectivity index (χ2n) is 9.10. The smallest absolute Gasteiger partial charge is 0.253 e. The van der Waals surface area contributed by atoms with E-state index in [0.29, 0.717) is 34.6 Å². The van der Waals surface area contributed by atoms with E-state index in [1.165, 1.54) is 17.3 Å². The average Bonchev–Trinajstić information content (AvgIpc) is 3.13. The molecule has 2 aromatic carbocycles. The molecule has 0 saturated heterocycles. The Balaban J connectivity index is 1.55. The number of fused-ring (bicyclic) bond motifs is 1. The van der Waals surface area contributed by atoms with Gasteiger partial charge in [0.25, 0.3) is 5.91 Å². The summed E-state index contributed by atoms with van der Waals surface area (Å²) in [4.78, 5) is 24.0. The van der Waals surface area contributed by atoms with Crippen LogP contribution in [0.3, 0.4) is 0 Å². The van der Waals surface area contributed by atoms with Gasteiger partial charge in [0, 0.05) is 33.3 Å². The summed E-state index contributed by atoms with van der Waals surface area (Å²) in [6.07, 6.45) is 4.27. The van der Waals surface area contributed by atoms with Crippen molar-refractivity contribution in [1.29, 1.82) is 0 Å². The number of methoxy groups -OCH3 is 2. The summed E-state index contributed by atoms with van der Waals surface area (Å²) in [5.41, 5.74) is 4.45. The second kappa shape index (κ2) is 13.4. The number of rotatable bonds is 11. The van der Waals surface area contributed by atoms with Crippen LogP contribution < -0.4 is 20.7 Å². The number of hydrogen-bond donors (Lipinski definition) is 3. The molecule has 9 nitrogen and oxygen atoms in total. The Morgan fingerprint density at radius 1 is 1.08 bits per heavy atom.